The summed E-state index contributed by atoms with van der Waals surface area (Å²) in [5.74, 6) is -0.367. The van der Waals surface area contributed by atoms with E-state index in [0.717, 1.165) is 9.88 Å². The standard InChI is InChI=1S/C14H13N3OS2/c1-9(2)16-13(18)10(7-15)6-11-8-20-14(17-11)12-4-3-5-19-12/h3-6,8-9H,1-2H3,(H,16,18)/b10-6-. The van der Waals surface area contributed by atoms with E-state index in [-0.39, 0.29) is 17.5 Å². The fraction of sp³-hybridized carbons (Fsp3) is 0.214. The SMILES string of the molecule is CC(C)NC(=O)/C(C#N)=C\c1csc(-c2cccs2)n1. The Labute approximate surface area is 125 Å². The second-order valence-electron chi connectivity index (χ2n) is 4.35. The molecule has 6 heteroatoms. The highest BCUT2D eigenvalue weighted by molar-refractivity contribution is 7.20. The summed E-state index contributed by atoms with van der Waals surface area (Å²) in [6.45, 7) is 3.70. The Morgan fingerprint density at radius 1 is 1.50 bits per heavy atom. The van der Waals surface area contributed by atoms with Crippen LogP contribution in [0.15, 0.2) is 28.5 Å². The predicted molar refractivity (Wildman–Crippen MR) is 82.3 cm³/mol. The molecule has 1 N–H and O–H groups in total. The molecule has 0 aliphatic carbocycles. The minimum Gasteiger partial charge on any atom is -0.349 e. The Morgan fingerprint density at radius 3 is 2.90 bits per heavy atom. The number of aromatic nitrogens is 1. The van der Waals surface area contributed by atoms with E-state index in [2.05, 4.69) is 10.3 Å². The number of carbonyl (C=O) groups excluding carboxylic acids is 1. The second kappa shape index (κ2) is 6.46. The zero-order valence-corrected chi connectivity index (χ0v) is 12.7. The highest BCUT2D eigenvalue weighted by Gasteiger charge is 2.11. The van der Waals surface area contributed by atoms with E-state index in [9.17, 15) is 4.79 Å². The van der Waals surface area contributed by atoms with Crippen molar-refractivity contribution in [2.75, 3.05) is 0 Å². The molecule has 0 aliphatic rings. The van der Waals surface area contributed by atoms with Gasteiger partial charge in [-0.05, 0) is 31.4 Å². The molecule has 0 aromatic carbocycles. The summed E-state index contributed by atoms with van der Waals surface area (Å²) >= 11 is 3.11. The Morgan fingerprint density at radius 2 is 2.30 bits per heavy atom. The number of carbonyl (C=O) groups is 1. The molecule has 1 amide bonds. The van der Waals surface area contributed by atoms with Crippen LogP contribution >= 0.6 is 22.7 Å². The highest BCUT2D eigenvalue weighted by atomic mass is 32.1. The summed E-state index contributed by atoms with van der Waals surface area (Å²) in [6.07, 6.45) is 1.52. The number of nitrogens with one attached hydrogen (secondary N) is 1. The highest BCUT2D eigenvalue weighted by Crippen LogP contribution is 2.28. The summed E-state index contributed by atoms with van der Waals surface area (Å²) in [5.41, 5.74) is 0.704. The smallest absolute Gasteiger partial charge is 0.262 e. The first-order valence-corrected chi connectivity index (χ1v) is 7.78. The van der Waals surface area contributed by atoms with Gasteiger partial charge in [-0.2, -0.15) is 5.26 Å². The van der Waals surface area contributed by atoms with Crippen LogP contribution in [0.2, 0.25) is 0 Å². The van der Waals surface area contributed by atoms with Crippen molar-refractivity contribution in [3.63, 3.8) is 0 Å². The van der Waals surface area contributed by atoms with Crippen molar-refractivity contribution in [3.05, 3.63) is 34.2 Å². The van der Waals surface area contributed by atoms with Crippen molar-refractivity contribution in [2.24, 2.45) is 0 Å². The molecule has 20 heavy (non-hydrogen) atoms. The molecule has 0 bridgehead atoms. The molecular formula is C14H13N3OS2. The van der Waals surface area contributed by atoms with Crippen LogP contribution < -0.4 is 5.32 Å². The molecule has 0 aliphatic heterocycles. The van der Waals surface area contributed by atoms with Gasteiger partial charge in [-0.15, -0.1) is 22.7 Å². The molecular weight excluding hydrogens is 290 g/mol. The third kappa shape index (κ3) is 3.53. The van der Waals surface area contributed by atoms with E-state index in [4.69, 9.17) is 5.26 Å². The molecule has 0 radical (unpaired) electrons. The Bertz CT molecular complexity index is 663. The number of thiazole rings is 1. The van der Waals surface area contributed by atoms with Crippen LogP contribution in [0.25, 0.3) is 16.0 Å². The first-order valence-electron chi connectivity index (χ1n) is 6.02. The number of hydrogen-bond donors (Lipinski definition) is 1. The van der Waals surface area contributed by atoms with Gasteiger partial charge in [0.2, 0.25) is 0 Å². The first kappa shape index (κ1) is 14.4. The van der Waals surface area contributed by atoms with Gasteiger partial charge in [-0.1, -0.05) is 6.07 Å². The van der Waals surface area contributed by atoms with Gasteiger partial charge in [0.15, 0.2) is 0 Å². The number of nitrogens with zero attached hydrogens (tertiary/aromatic N) is 2. The normalized spacial score (nSPS) is 11.4. The molecule has 0 spiro atoms. The van der Waals surface area contributed by atoms with Crippen molar-refractivity contribution in [2.45, 2.75) is 19.9 Å². The van der Waals surface area contributed by atoms with Crippen LogP contribution in [0.4, 0.5) is 0 Å². The quantitative estimate of drug-likeness (QED) is 0.696. The summed E-state index contributed by atoms with van der Waals surface area (Å²) < 4.78 is 0. The molecule has 2 aromatic heterocycles. The van der Waals surface area contributed by atoms with Gasteiger partial charge >= 0.3 is 0 Å². The molecule has 2 rings (SSSR count). The van der Waals surface area contributed by atoms with E-state index in [0.29, 0.717) is 5.69 Å². The fourth-order valence-electron chi connectivity index (χ4n) is 1.50. The monoisotopic (exact) mass is 303 g/mol. The molecule has 2 heterocycles. The average Bonchev–Trinajstić information content (AvgIpc) is 3.05. The Hall–Kier alpha value is -1.97. The van der Waals surface area contributed by atoms with Gasteiger partial charge in [0, 0.05) is 11.4 Å². The van der Waals surface area contributed by atoms with Crippen molar-refractivity contribution < 1.29 is 4.79 Å². The van der Waals surface area contributed by atoms with E-state index < -0.39 is 0 Å². The molecule has 4 nitrogen and oxygen atoms in total. The second-order valence-corrected chi connectivity index (χ2v) is 6.16. The maximum atomic E-state index is 11.8. The first-order chi connectivity index (χ1) is 9.60. The number of rotatable bonds is 4. The predicted octanol–water partition coefficient (Wildman–Crippen LogP) is 3.30. The fourth-order valence-corrected chi connectivity index (χ4v) is 3.09. The van der Waals surface area contributed by atoms with Crippen molar-refractivity contribution >= 4 is 34.7 Å². The lowest BCUT2D eigenvalue weighted by Crippen LogP contribution is -2.30. The van der Waals surface area contributed by atoms with Gasteiger partial charge in [0.25, 0.3) is 5.91 Å². The van der Waals surface area contributed by atoms with E-state index in [1.165, 1.54) is 17.4 Å². The van der Waals surface area contributed by atoms with Gasteiger partial charge in [-0.25, -0.2) is 4.98 Å². The molecule has 0 saturated heterocycles. The van der Waals surface area contributed by atoms with Crippen LogP contribution in [0.5, 0.6) is 0 Å². The van der Waals surface area contributed by atoms with E-state index >= 15 is 0 Å². The van der Waals surface area contributed by atoms with Crippen LogP contribution in [0, 0.1) is 11.3 Å². The third-order valence-electron chi connectivity index (χ3n) is 2.33. The minimum atomic E-state index is -0.367. The third-order valence-corrected chi connectivity index (χ3v) is 4.23. The van der Waals surface area contributed by atoms with Gasteiger partial charge in [0.1, 0.15) is 16.6 Å². The zero-order valence-electron chi connectivity index (χ0n) is 11.1. The number of amides is 1. The number of nitriles is 1. The summed E-state index contributed by atoms with van der Waals surface area (Å²) in [7, 11) is 0. The average molecular weight is 303 g/mol. The summed E-state index contributed by atoms with van der Waals surface area (Å²) in [5, 5.41) is 16.5. The maximum absolute atomic E-state index is 11.8. The van der Waals surface area contributed by atoms with Gasteiger partial charge in [0.05, 0.1) is 10.6 Å². The molecule has 0 atom stereocenters. The molecule has 0 unspecified atom stereocenters. The van der Waals surface area contributed by atoms with Crippen molar-refractivity contribution in [1.29, 1.82) is 5.26 Å². The minimum absolute atomic E-state index is 0.00337. The lowest BCUT2D eigenvalue weighted by atomic mass is 10.2. The van der Waals surface area contributed by atoms with Crippen LogP contribution in [0.1, 0.15) is 19.5 Å². The zero-order chi connectivity index (χ0) is 14.5. The Kier molecular flexibility index (Phi) is 4.66. The number of thiophene rings is 1. The lowest BCUT2D eigenvalue weighted by molar-refractivity contribution is -0.117. The van der Waals surface area contributed by atoms with E-state index in [1.54, 1.807) is 11.3 Å². The van der Waals surface area contributed by atoms with Crippen molar-refractivity contribution in [1.82, 2.24) is 10.3 Å². The maximum Gasteiger partial charge on any atom is 0.262 e. The topological polar surface area (TPSA) is 65.8 Å². The lowest BCUT2D eigenvalue weighted by Gasteiger charge is -2.06. The molecule has 102 valence electrons. The van der Waals surface area contributed by atoms with Gasteiger partial charge in [-0.3, -0.25) is 4.79 Å². The van der Waals surface area contributed by atoms with Crippen LogP contribution in [0.3, 0.4) is 0 Å². The van der Waals surface area contributed by atoms with E-state index in [1.807, 2.05) is 42.8 Å². The van der Waals surface area contributed by atoms with Gasteiger partial charge < -0.3 is 5.32 Å². The van der Waals surface area contributed by atoms with Crippen LogP contribution in [-0.4, -0.2) is 16.9 Å². The molecule has 0 fully saturated rings. The summed E-state index contributed by atoms with van der Waals surface area (Å²) in [4.78, 5) is 17.3. The largest absolute Gasteiger partial charge is 0.349 e. The van der Waals surface area contributed by atoms with Crippen LogP contribution in [-0.2, 0) is 4.79 Å². The number of hydrogen-bond acceptors (Lipinski definition) is 5. The van der Waals surface area contributed by atoms with Crippen molar-refractivity contribution in [3.8, 4) is 16.0 Å². The molecule has 0 saturated carbocycles. The summed E-state index contributed by atoms with van der Waals surface area (Å²) in [6, 6.07) is 5.87. The molecule has 2 aromatic rings. The Balaban J connectivity index is 2.21.